The predicted octanol–water partition coefficient (Wildman–Crippen LogP) is 0.788. The number of nitrogens with two attached hydrogens (primary N) is 1. The number of hydrogen-bond donors (Lipinski definition) is 1. The summed E-state index contributed by atoms with van der Waals surface area (Å²) in [6, 6.07) is 9.16. The van der Waals surface area contributed by atoms with Gasteiger partial charge in [-0.15, -0.1) is 0 Å². The molecule has 1 aromatic carbocycles. The maximum Gasteiger partial charge on any atom is 0.274 e. The summed E-state index contributed by atoms with van der Waals surface area (Å²) in [7, 11) is 0. The summed E-state index contributed by atoms with van der Waals surface area (Å²) in [6.45, 7) is 2.27. The molecule has 14 heavy (non-hydrogen) atoms. The highest BCUT2D eigenvalue weighted by molar-refractivity contribution is 5.77. The molecule has 0 aromatic heterocycles. The molecule has 0 heterocycles. The summed E-state index contributed by atoms with van der Waals surface area (Å²) in [4.78, 5) is 11.2. The van der Waals surface area contributed by atoms with Gasteiger partial charge < -0.3 is 4.74 Å². The molecule has 4 nitrogen and oxygen atoms in total. The summed E-state index contributed by atoms with van der Waals surface area (Å²) in [5, 5.41) is 1.13. The first-order valence-corrected chi connectivity index (χ1v) is 4.47. The van der Waals surface area contributed by atoms with Crippen molar-refractivity contribution in [1.82, 2.24) is 5.01 Å². The van der Waals surface area contributed by atoms with Crippen LogP contribution in [0.4, 0.5) is 0 Å². The summed E-state index contributed by atoms with van der Waals surface area (Å²) in [5.41, 5.74) is 0. The van der Waals surface area contributed by atoms with E-state index >= 15 is 0 Å². The van der Waals surface area contributed by atoms with Crippen LogP contribution >= 0.6 is 0 Å². The number of hydrogen-bond acceptors (Lipinski definition) is 3. The molecule has 0 radical (unpaired) electrons. The topological polar surface area (TPSA) is 55.6 Å². The molecule has 0 saturated heterocycles. The molecule has 0 bridgehead atoms. The highest BCUT2D eigenvalue weighted by Crippen LogP contribution is 2.07. The third kappa shape index (κ3) is 3.06. The van der Waals surface area contributed by atoms with Crippen molar-refractivity contribution in [2.75, 3.05) is 13.2 Å². The van der Waals surface area contributed by atoms with Crippen LogP contribution in [0.25, 0.3) is 0 Å². The van der Waals surface area contributed by atoms with Gasteiger partial charge in [-0.2, -0.15) is 0 Å². The van der Waals surface area contributed by atoms with Gasteiger partial charge in [0, 0.05) is 6.54 Å². The van der Waals surface area contributed by atoms with Crippen LogP contribution < -0.4 is 10.6 Å². The van der Waals surface area contributed by atoms with E-state index in [-0.39, 0.29) is 12.5 Å². The molecule has 0 fully saturated rings. The lowest BCUT2D eigenvalue weighted by Crippen LogP contribution is -2.40. The van der Waals surface area contributed by atoms with Crippen molar-refractivity contribution in [3.8, 4) is 5.75 Å². The smallest absolute Gasteiger partial charge is 0.274 e. The number of para-hydroxylation sites is 1. The Kier molecular flexibility index (Phi) is 3.94. The first kappa shape index (κ1) is 10.5. The van der Waals surface area contributed by atoms with Gasteiger partial charge in [-0.25, -0.2) is 5.84 Å². The lowest BCUT2D eigenvalue weighted by atomic mass is 10.3. The Morgan fingerprint density at radius 1 is 1.43 bits per heavy atom. The summed E-state index contributed by atoms with van der Waals surface area (Å²) in [6.07, 6.45) is 0. The Labute approximate surface area is 83.2 Å². The molecule has 0 unspecified atom stereocenters. The third-order valence-electron chi connectivity index (χ3n) is 1.77. The molecule has 1 amide bonds. The average molecular weight is 194 g/mol. The largest absolute Gasteiger partial charge is 0.484 e. The second-order valence-electron chi connectivity index (χ2n) is 2.78. The number of nitrogens with zero attached hydrogens (tertiary/aromatic N) is 1. The van der Waals surface area contributed by atoms with E-state index in [2.05, 4.69) is 0 Å². The minimum Gasteiger partial charge on any atom is -0.484 e. The zero-order valence-corrected chi connectivity index (χ0v) is 8.14. The average Bonchev–Trinajstić information content (AvgIpc) is 2.26. The van der Waals surface area contributed by atoms with E-state index < -0.39 is 0 Å². The Morgan fingerprint density at radius 2 is 2.07 bits per heavy atom. The minimum absolute atomic E-state index is 0.0195. The molecular formula is C10H14N2O2. The first-order valence-electron chi connectivity index (χ1n) is 4.47. The van der Waals surface area contributed by atoms with Gasteiger partial charge in [0.1, 0.15) is 5.75 Å². The monoisotopic (exact) mass is 194 g/mol. The molecule has 0 saturated carbocycles. The van der Waals surface area contributed by atoms with E-state index in [0.29, 0.717) is 12.3 Å². The van der Waals surface area contributed by atoms with Gasteiger partial charge in [-0.05, 0) is 19.1 Å². The van der Waals surface area contributed by atoms with Crippen LogP contribution in [-0.2, 0) is 4.79 Å². The van der Waals surface area contributed by atoms with Crippen LogP contribution in [0.2, 0.25) is 0 Å². The molecule has 0 aliphatic rings. The van der Waals surface area contributed by atoms with Gasteiger partial charge in [-0.1, -0.05) is 18.2 Å². The second kappa shape index (κ2) is 5.24. The van der Waals surface area contributed by atoms with E-state index in [1.54, 1.807) is 19.1 Å². The first-order chi connectivity index (χ1) is 6.74. The SMILES string of the molecule is CCN(N)C(=O)COc1ccccc1. The van der Waals surface area contributed by atoms with E-state index in [9.17, 15) is 4.79 Å². The quantitative estimate of drug-likeness (QED) is 0.438. The number of carbonyl (C=O) groups excluding carboxylic acids is 1. The fourth-order valence-corrected chi connectivity index (χ4v) is 0.921. The van der Waals surface area contributed by atoms with E-state index in [4.69, 9.17) is 10.6 Å². The van der Waals surface area contributed by atoms with Gasteiger partial charge in [0.25, 0.3) is 5.91 Å². The fraction of sp³-hybridized carbons (Fsp3) is 0.300. The van der Waals surface area contributed by atoms with Crippen LogP contribution in [0, 0.1) is 0 Å². The predicted molar refractivity (Wildman–Crippen MR) is 53.5 cm³/mol. The Hall–Kier alpha value is -1.55. The number of rotatable bonds is 4. The van der Waals surface area contributed by atoms with Crippen molar-refractivity contribution >= 4 is 5.91 Å². The second-order valence-corrected chi connectivity index (χ2v) is 2.78. The van der Waals surface area contributed by atoms with Crippen LogP contribution in [0.3, 0.4) is 0 Å². The van der Waals surface area contributed by atoms with Gasteiger partial charge in [-0.3, -0.25) is 9.80 Å². The van der Waals surface area contributed by atoms with Crippen molar-refractivity contribution in [1.29, 1.82) is 0 Å². The highest BCUT2D eigenvalue weighted by Gasteiger charge is 2.07. The van der Waals surface area contributed by atoms with Crippen molar-refractivity contribution in [2.45, 2.75) is 6.92 Å². The van der Waals surface area contributed by atoms with Crippen molar-refractivity contribution in [2.24, 2.45) is 5.84 Å². The zero-order valence-electron chi connectivity index (χ0n) is 8.14. The molecular weight excluding hydrogens is 180 g/mol. The molecule has 0 aliphatic heterocycles. The molecule has 0 atom stereocenters. The van der Waals surface area contributed by atoms with Crippen molar-refractivity contribution in [3.05, 3.63) is 30.3 Å². The number of benzene rings is 1. The van der Waals surface area contributed by atoms with E-state index in [1.165, 1.54) is 0 Å². The van der Waals surface area contributed by atoms with Gasteiger partial charge in [0.2, 0.25) is 0 Å². The van der Waals surface area contributed by atoms with Gasteiger partial charge in [0.05, 0.1) is 0 Å². The number of carbonyl (C=O) groups is 1. The maximum atomic E-state index is 11.2. The van der Waals surface area contributed by atoms with Crippen LogP contribution in [0.1, 0.15) is 6.92 Å². The summed E-state index contributed by atoms with van der Waals surface area (Å²) >= 11 is 0. The van der Waals surface area contributed by atoms with Gasteiger partial charge in [0.15, 0.2) is 6.61 Å². The molecule has 4 heteroatoms. The van der Waals surface area contributed by atoms with Crippen molar-refractivity contribution in [3.63, 3.8) is 0 Å². The highest BCUT2D eigenvalue weighted by atomic mass is 16.5. The van der Waals surface area contributed by atoms with Crippen LogP contribution in [0.5, 0.6) is 5.75 Å². The maximum absolute atomic E-state index is 11.2. The molecule has 0 spiro atoms. The standard InChI is InChI=1S/C10H14N2O2/c1-2-12(11)10(13)8-14-9-6-4-3-5-7-9/h3-7H,2,8,11H2,1H3. The Bertz CT molecular complexity index is 287. The lowest BCUT2D eigenvalue weighted by Gasteiger charge is -2.14. The lowest BCUT2D eigenvalue weighted by molar-refractivity contribution is -0.133. The zero-order chi connectivity index (χ0) is 10.4. The minimum atomic E-state index is -0.226. The summed E-state index contributed by atoms with van der Waals surface area (Å²) < 4.78 is 5.22. The van der Waals surface area contributed by atoms with Gasteiger partial charge >= 0.3 is 0 Å². The van der Waals surface area contributed by atoms with Crippen molar-refractivity contribution < 1.29 is 9.53 Å². The number of hydrazine groups is 1. The number of amides is 1. The molecule has 76 valence electrons. The van der Waals surface area contributed by atoms with E-state index in [0.717, 1.165) is 5.01 Å². The Morgan fingerprint density at radius 3 is 2.64 bits per heavy atom. The molecule has 1 aromatic rings. The molecule has 1 rings (SSSR count). The molecule has 2 N–H and O–H groups in total. The summed E-state index contributed by atoms with van der Waals surface area (Å²) in [5.74, 6) is 5.83. The number of likely N-dealkylation sites (N-methyl/N-ethyl adjacent to an activating group) is 1. The van der Waals surface area contributed by atoms with Crippen LogP contribution in [-0.4, -0.2) is 24.1 Å². The fourth-order valence-electron chi connectivity index (χ4n) is 0.921. The van der Waals surface area contributed by atoms with Crippen LogP contribution in [0.15, 0.2) is 30.3 Å². The Balaban J connectivity index is 2.38. The molecule has 0 aliphatic carbocycles. The third-order valence-corrected chi connectivity index (χ3v) is 1.77. The van der Waals surface area contributed by atoms with E-state index in [1.807, 2.05) is 18.2 Å². The number of ether oxygens (including phenoxy) is 1. The normalized spacial score (nSPS) is 9.57.